The molecule has 0 aliphatic carbocycles. The number of H-pyrrole nitrogens is 1. The van der Waals surface area contributed by atoms with Crippen LogP contribution in [0.4, 0.5) is 16.2 Å². The summed E-state index contributed by atoms with van der Waals surface area (Å²) in [6.07, 6.45) is -5.80. The zero-order valence-corrected chi connectivity index (χ0v) is 33.1. The van der Waals surface area contributed by atoms with Gasteiger partial charge in [-0.15, -0.1) is 0 Å². The van der Waals surface area contributed by atoms with Crippen molar-refractivity contribution in [2.45, 2.75) is 63.3 Å². The van der Waals surface area contributed by atoms with E-state index in [1.165, 1.54) is 17.2 Å². The van der Waals surface area contributed by atoms with E-state index in [-0.39, 0.29) is 40.5 Å². The summed E-state index contributed by atoms with van der Waals surface area (Å²) in [5.74, 6) is -1.34. The lowest BCUT2D eigenvalue weighted by Crippen LogP contribution is -2.32. The average Bonchev–Trinajstić information content (AvgIpc) is 3.95. The Morgan fingerprint density at radius 3 is 2.37 bits per heavy atom. The fourth-order valence-electron chi connectivity index (χ4n) is 6.37. The minimum atomic E-state index is -4.33. The van der Waals surface area contributed by atoms with Crippen LogP contribution in [0.1, 0.15) is 43.1 Å². The van der Waals surface area contributed by atoms with E-state index in [9.17, 15) is 24.2 Å². The highest BCUT2D eigenvalue weighted by Gasteiger charge is 2.51. The van der Waals surface area contributed by atoms with Gasteiger partial charge in [0.25, 0.3) is 11.5 Å². The van der Waals surface area contributed by atoms with E-state index >= 15 is 4.39 Å². The second-order valence-electron chi connectivity index (χ2n) is 13.4. The third-order valence-corrected chi connectivity index (χ3v) is 12.3. The highest BCUT2D eigenvalue weighted by molar-refractivity contribution is 8.07. The lowest BCUT2D eigenvalue weighted by atomic mass is 10.1. The molecule has 5 N–H and O–H groups in total. The number of carbonyl (C=O) groups excluding carboxylic acids is 2. The van der Waals surface area contributed by atoms with Crippen LogP contribution in [0.3, 0.4) is 0 Å². The SMILES string of the molecule is CC(C)C(=O)Nc1nc2c(ncn2[C@@H]2O[C@@H]3COP(O)(=S)O[C@H]4C[C@H](n5cnc6c(NC(=O)c7ccccc7)ncnc65)O[C@@H]4COP(O)(=S)O[C@@H]2[C@@H]3F)c(=O)[nH]1. The van der Waals surface area contributed by atoms with Gasteiger partial charge in [0.2, 0.25) is 11.9 Å². The minimum absolute atomic E-state index is 0.0302. The minimum Gasteiger partial charge on any atom is -0.349 e. The standard InChI is InChI=1S/C31H33FN10O11P2S2/c1-14(2)27(43)39-31-38-26-22(29(45)40-31)36-13-42(26)30-23-20(32)18(51-30)10-49-54(46,56)52-16-8-19(50-17(16)9-48-55(47,57)53-23)41-12-35-21-24(33-11-34-25(21)41)37-28(44)15-6-4-3-5-7-15/h3-7,11-14,16-20,23,30H,8-10H2,1-2H3,(H,46,56)(H,47,57)(H,33,34,37,44)(H2,38,39,40,43,45)/t16-,17+,18+,19+,20+,23+,30+,54?,55?/m0/s1. The maximum atomic E-state index is 16.2. The Labute approximate surface area is 330 Å². The van der Waals surface area contributed by atoms with Gasteiger partial charge in [0.1, 0.15) is 30.9 Å². The van der Waals surface area contributed by atoms with Crippen LogP contribution >= 0.6 is 13.4 Å². The quantitative estimate of drug-likeness (QED) is 0.154. The molecule has 9 atom stereocenters. The third kappa shape index (κ3) is 8.18. The van der Waals surface area contributed by atoms with Crippen molar-refractivity contribution in [3.8, 4) is 0 Å². The van der Waals surface area contributed by atoms with Crippen LogP contribution in [-0.4, -0.2) is 104 Å². The molecule has 5 aromatic rings. The van der Waals surface area contributed by atoms with Crippen molar-refractivity contribution in [2.24, 2.45) is 5.92 Å². The molecule has 1 aromatic carbocycles. The Hall–Kier alpha value is -4.03. The molecule has 0 radical (unpaired) electrons. The molecule has 4 aromatic heterocycles. The summed E-state index contributed by atoms with van der Waals surface area (Å²) in [5.41, 5.74) is -0.0545. The van der Waals surface area contributed by atoms with E-state index in [0.717, 1.165) is 6.33 Å². The number of halogens is 1. The largest absolute Gasteiger partial charge is 0.349 e. The Bertz CT molecular complexity index is 2510. The van der Waals surface area contributed by atoms with Gasteiger partial charge >= 0.3 is 13.4 Å². The van der Waals surface area contributed by atoms with E-state index in [1.807, 2.05) is 0 Å². The number of rotatable bonds is 6. The number of imidazole rings is 2. The fourth-order valence-corrected chi connectivity index (χ4v) is 9.25. The number of nitrogens with zero attached hydrogens (tertiary/aromatic N) is 7. The summed E-state index contributed by atoms with van der Waals surface area (Å²) in [6, 6.07) is 8.53. The highest BCUT2D eigenvalue weighted by atomic mass is 32.5. The Balaban J connectivity index is 1.04. The van der Waals surface area contributed by atoms with Gasteiger partial charge in [-0.25, -0.2) is 24.3 Å². The maximum Gasteiger partial charge on any atom is 0.325 e. The van der Waals surface area contributed by atoms with Crippen LogP contribution in [0, 0.1) is 5.92 Å². The van der Waals surface area contributed by atoms with Crippen molar-refractivity contribution in [3.63, 3.8) is 0 Å². The van der Waals surface area contributed by atoms with Gasteiger partial charge in [0, 0.05) is 17.9 Å². The fraction of sp³-hybridized carbons (Fsp3) is 0.419. The maximum absolute atomic E-state index is 16.2. The van der Waals surface area contributed by atoms with E-state index in [1.54, 1.807) is 48.7 Å². The molecule has 26 heteroatoms. The topological polar surface area (TPSA) is 261 Å². The summed E-state index contributed by atoms with van der Waals surface area (Å²) in [5, 5.41) is 5.23. The molecule has 2 bridgehead atoms. The normalized spacial score (nSPS) is 30.7. The summed E-state index contributed by atoms with van der Waals surface area (Å²) >= 11 is 10.6. The molecule has 3 aliphatic rings. The summed E-state index contributed by atoms with van der Waals surface area (Å²) < 4.78 is 54.1. The smallest absolute Gasteiger partial charge is 0.325 e. The average molecular weight is 867 g/mol. The number of benzene rings is 1. The van der Waals surface area contributed by atoms with Crippen LogP contribution in [0.25, 0.3) is 22.3 Å². The number of anilines is 2. The first-order valence-corrected chi connectivity index (χ1v) is 22.4. The lowest BCUT2D eigenvalue weighted by Gasteiger charge is -2.27. The van der Waals surface area contributed by atoms with E-state index < -0.39 is 93.0 Å². The molecule has 2 unspecified atom stereocenters. The molecule has 8 rings (SSSR count). The molecule has 57 heavy (non-hydrogen) atoms. The van der Waals surface area contributed by atoms with Crippen molar-refractivity contribution in [1.29, 1.82) is 0 Å². The van der Waals surface area contributed by atoms with Crippen LogP contribution in [-0.2, 0) is 56.0 Å². The van der Waals surface area contributed by atoms with Gasteiger partial charge in [0.05, 0.1) is 32.0 Å². The molecule has 21 nitrogen and oxygen atoms in total. The molecule has 0 spiro atoms. The van der Waals surface area contributed by atoms with Crippen molar-refractivity contribution < 1.29 is 51.3 Å². The molecule has 3 aliphatic heterocycles. The molecule has 0 saturated carbocycles. The predicted octanol–water partition coefficient (Wildman–Crippen LogP) is 2.58. The Kier molecular flexibility index (Phi) is 10.9. The summed E-state index contributed by atoms with van der Waals surface area (Å²) in [4.78, 5) is 84.3. The number of fused-ring (bicyclic) bond motifs is 5. The first kappa shape index (κ1) is 39.8. The number of amides is 2. The molecular weight excluding hydrogens is 833 g/mol. The second-order valence-corrected chi connectivity index (χ2v) is 18.9. The zero-order valence-electron chi connectivity index (χ0n) is 29.6. The van der Waals surface area contributed by atoms with E-state index in [0.29, 0.717) is 5.56 Å². The molecule has 3 saturated heterocycles. The lowest BCUT2D eigenvalue weighted by molar-refractivity contribution is -0.118. The third-order valence-electron chi connectivity index (χ3n) is 9.18. The number of ether oxygens (including phenoxy) is 2. The monoisotopic (exact) mass is 866 g/mol. The van der Waals surface area contributed by atoms with Crippen molar-refractivity contribution in [2.75, 3.05) is 23.8 Å². The van der Waals surface area contributed by atoms with Crippen LogP contribution in [0.2, 0.25) is 0 Å². The highest BCUT2D eigenvalue weighted by Crippen LogP contribution is 2.54. The molecule has 7 heterocycles. The molecular formula is C31H33FN10O11P2S2. The summed E-state index contributed by atoms with van der Waals surface area (Å²) in [6.45, 7) is -6.32. The van der Waals surface area contributed by atoms with Gasteiger partial charge < -0.3 is 38.1 Å². The number of aromatic amines is 1. The van der Waals surface area contributed by atoms with Crippen molar-refractivity contribution in [1.82, 2.24) is 39.0 Å². The first-order valence-electron chi connectivity index (χ1n) is 17.2. The number of aromatic nitrogens is 8. The van der Waals surface area contributed by atoms with Gasteiger partial charge in [-0.2, -0.15) is 4.98 Å². The van der Waals surface area contributed by atoms with E-state index in [2.05, 4.69) is 40.5 Å². The van der Waals surface area contributed by atoms with Crippen LogP contribution < -0.4 is 16.2 Å². The number of nitrogens with one attached hydrogen (secondary N) is 3. The molecule has 302 valence electrons. The second kappa shape index (κ2) is 15.6. The van der Waals surface area contributed by atoms with Crippen molar-refractivity contribution in [3.05, 3.63) is 65.2 Å². The number of alkyl halides is 1. The number of hydrogen-bond donors (Lipinski definition) is 5. The Morgan fingerprint density at radius 1 is 0.912 bits per heavy atom. The van der Waals surface area contributed by atoms with Crippen LogP contribution in [0.5, 0.6) is 0 Å². The first-order chi connectivity index (χ1) is 27.2. The van der Waals surface area contributed by atoms with Gasteiger partial charge in [-0.1, -0.05) is 32.0 Å². The molecule has 2 amide bonds. The predicted molar refractivity (Wildman–Crippen MR) is 203 cm³/mol. The zero-order chi connectivity index (χ0) is 40.2. The Morgan fingerprint density at radius 2 is 1.61 bits per heavy atom. The van der Waals surface area contributed by atoms with Crippen molar-refractivity contribution >= 4 is 83.0 Å². The van der Waals surface area contributed by atoms with Gasteiger partial charge in [0.15, 0.2) is 40.5 Å². The van der Waals surface area contributed by atoms with Gasteiger partial charge in [-0.05, 0) is 35.7 Å². The summed E-state index contributed by atoms with van der Waals surface area (Å²) in [7, 11) is 0. The number of carbonyl (C=O) groups is 2. The van der Waals surface area contributed by atoms with Gasteiger partial charge in [-0.3, -0.25) is 38.3 Å². The van der Waals surface area contributed by atoms with Crippen LogP contribution in [0.15, 0.2) is 54.1 Å². The number of hydrogen-bond acceptors (Lipinski definition) is 16. The van der Waals surface area contributed by atoms with E-state index in [4.69, 9.17) is 51.2 Å². The molecule has 3 fully saturated rings.